The number of nitrogens with zero attached hydrogens (tertiary/aromatic N) is 3. The number of aryl methyl sites for hydroxylation is 1. The molecule has 0 bridgehead atoms. The Morgan fingerprint density at radius 1 is 1.37 bits per heavy atom. The molecule has 4 nitrogen and oxygen atoms in total. The van der Waals surface area contributed by atoms with Gasteiger partial charge in [0, 0.05) is 18.8 Å². The number of fused-ring (bicyclic) bond motifs is 1. The van der Waals surface area contributed by atoms with Crippen molar-refractivity contribution in [3.05, 3.63) is 46.5 Å². The minimum atomic E-state index is -0.895. The van der Waals surface area contributed by atoms with Crippen LogP contribution in [0.2, 0.25) is 0 Å². The highest BCUT2D eigenvalue weighted by molar-refractivity contribution is 7.71. The molecule has 0 saturated heterocycles. The fourth-order valence-electron chi connectivity index (χ4n) is 2.08. The van der Waals surface area contributed by atoms with Crippen molar-refractivity contribution in [1.82, 2.24) is 19.3 Å². The van der Waals surface area contributed by atoms with Crippen LogP contribution in [0, 0.1) is 16.4 Å². The molecule has 0 aliphatic rings. The molecule has 0 atom stereocenters. The minimum absolute atomic E-state index is 0.147. The van der Waals surface area contributed by atoms with E-state index in [4.69, 9.17) is 12.2 Å². The predicted molar refractivity (Wildman–Crippen MR) is 69.3 cm³/mol. The van der Waals surface area contributed by atoms with E-state index < -0.39 is 11.6 Å². The molecule has 7 heteroatoms. The number of rotatable bonds is 2. The number of hydrogen-bond acceptors (Lipinski definition) is 2. The maximum absolute atomic E-state index is 13.9. The van der Waals surface area contributed by atoms with Gasteiger partial charge in [-0.25, -0.2) is 8.78 Å². The first kappa shape index (κ1) is 12.0. The topological polar surface area (TPSA) is 38.5 Å². The van der Waals surface area contributed by atoms with Crippen LogP contribution in [0.25, 0.3) is 11.0 Å². The van der Waals surface area contributed by atoms with Gasteiger partial charge in [0.2, 0.25) is 0 Å². The van der Waals surface area contributed by atoms with E-state index >= 15 is 0 Å². The third-order valence-electron chi connectivity index (χ3n) is 2.92. The quantitative estimate of drug-likeness (QED) is 0.733. The van der Waals surface area contributed by atoms with Crippen LogP contribution in [-0.4, -0.2) is 19.3 Å². The molecule has 0 amide bonds. The standard InChI is InChI=1S/C12H10F2N4S/c1-17-5-7(4-15-17)6-18-11-9(16-12(18)19)3-2-8(13)10(11)14/h2-5H,6H2,1H3,(H,16,19). The van der Waals surface area contributed by atoms with Crippen molar-refractivity contribution in [2.45, 2.75) is 6.54 Å². The molecule has 2 heterocycles. The molecule has 0 unspecified atom stereocenters. The van der Waals surface area contributed by atoms with Gasteiger partial charge in [0.1, 0.15) is 5.52 Å². The average molecular weight is 280 g/mol. The van der Waals surface area contributed by atoms with Crippen LogP contribution < -0.4 is 0 Å². The second kappa shape index (κ2) is 4.27. The van der Waals surface area contributed by atoms with Gasteiger partial charge in [0.05, 0.1) is 18.3 Å². The van der Waals surface area contributed by atoms with Gasteiger partial charge in [-0.3, -0.25) is 4.68 Å². The summed E-state index contributed by atoms with van der Waals surface area (Å²) < 4.78 is 30.7. The molecule has 3 rings (SSSR count). The molecular formula is C12H10F2N4S. The first-order chi connectivity index (χ1) is 9.06. The third kappa shape index (κ3) is 1.95. The number of H-pyrrole nitrogens is 1. The maximum Gasteiger partial charge on any atom is 0.184 e. The van der Waals surface area contributed by atoms with Gasteiger partial charge in [-0.2, -0.15) is 5.10 Å². The number of aromatic nitrogens is 4. The molecule has 0 radical (unpaired) electrons. The SMILES string of the molecule is Cn1cc(Cn2c(=S)[nH]c3ccc(F)c(F)c32)cn1. The van der Waals surface area contributed by atoms with Crippen molar-refractivity contribution in [3.8, 4) is 0 Å². The third-order valence-corrected chi connectivity index (χ3v) is 3.25. The van der Waals surface area contributed by atoms with Crippen molar-refractivity contribution < 1.29 is 8.78 Å². The van der Waals surface area contributed by atoms with Crippen LogP contribution >= 0.6 is 12.2 Å². The molecule has 0 fully saturated rings. The summed E-state index contributed by atoms with van der Waals surface area (Å²) in [6, 6.07) is 2.56. The zero-order valence-corrected chi connectivity index (χ0v) is 10.8. The summed E-state index contributed by atoms with van der Waals surface area (Å²) in [4.78, 5) is 2.87. The minimum Gasteiger partial charge on any atom is -0.330 e. The Hall–Kier alpha value is -2.02. The molecule has 0 aliphatic heterocycles. The second-order valence-electron chi connectivity index (χ2n) is 4.30. The summed E-state index contributed by atoms with van der Waals surface area (Å²) in [5, 5.41) is 4.04. The van der Waals surface area contributed by atoms with E-state index in [1.54, 1.807) is 24.1 Å². The summed E-state index contributed by atoms with van der Waals surface area (Å²) in [5.74, 6) is -1.78. The number of benzene rings is 1. The fraction of sp³-hybridized carbons (Fsp3) is 0.167. The molecule has 0 spiro atoms. The summed E-state index contributed by atoms with van der Waals surface area (Å²) in [6.45, 7) is 0.340. The van der Waals surface area contributed by atoms with Crippen LogP contribution in [0.5, 0.6) is 0 Å². The van der Waals surface area contributed by atoms with Crippen molar-refractivity contribution in [2.75, 3.05) is 0 Å². The van der Waals surface area contributed by atoms with Crippen LogP contribution in [0.3, 0.4) is 0 Å². The Bertz CT molecular complexity index is 815. The Labute approximate surface area is 112 Å². The molecule has 1 aromatic carbocycles. The molecule has 2 aromatic heterocycles. The van der Waals surface area contributed by atoms with Crippen molar-refractivity contribution in [3.63, 3.8) is 0 Å². The van der Waals surface area contributed by atoms with Gasteiger partial charge in [0.15, 0.2) is 16.4 Å². The summed E-state index contributed by atoms with van der Waals surface area (Å²) >= 11 is 5.15. The highest BCUT2D eigenvalue weighted by atomic mass is 32.1. The van der Waals surface area contributed by atoms with Crippen LogP contribution in [0.1, 0.15) is 5.56 Å². The van der Waals surface area contributed by atoms with Gasteiger partial charge in [-0.15, -0.1) is 0 Å². The van der Waals surface area contributed by atoms with Crippen LogP contribution in [0.15, 0.2) is 24.5 Å². The second-order valence-corrected chi connectivity index (χ2v) is 4.68. The number of imidazole rings is 1. The van der Waals surface area contributed by atoms with Gasteiger partial charge >= 0.3 is 0 Å². The van der Waals surface area contributed by atoms with Gasteiger partial charge in [-0.05, 0) is 24.4 Å². The molecule has 1 N–H and O–H groups in total. The first-order valence-corrected chi connectivity index (χ1v) is 6.01. The highest BCUT2D eigenvalue weighted by Gasteiger charge is 2.14. The van der Waals surface area contributed by atoms with E-state index in [0.29, 0.717) is 16.8 Å². The first-order valence-electron chi connectivity index (χ1n) is 5.60. The lowest BCUT2D eigenvalue weighted by molar-refractivity contribution is 0.512. The van der Waals surface area contributed by atoms with E-state index in [1.807, 2.05) is 0 Å². The normalized spacial score (nSPS) is 11.3. The molecule has 0 aliphatic carbocycles. The summed E-state index contributed by atoms with van der Waals surface area (Å²) in [5.41, 5.74) is 1.49. The number of hydrogen-bond donors (Lipinski definition) is 1. The Balaban J connectivity index is 2.20. The van der Waals surface area contributed by atoms with Gasteiger partial charge < -0.3 is 9.55 Å². The monoisotopic (exact) mass is 280 g/mol. The van der Waals surface area contributed by atoms with E-state index in [9.17, 15) is 8.78 Å². The summed E-state index contributed by atoms with van der Waals surface area (Å²) in [7, 11) is 1.79. The van der Waals surface area contributed by atoms with Crippen molar-refractivity contribution in [2.24, 2.45) is 7.05 Å². The number of halogens is 2. The zero-order valence-electron chi connectivity index (χ0n) is 10.0. The Kier molecular flexibility index (Phi) is 2.70. The van der Waals surface area contributed by atoms with E-state index in [0.717, 1.165) is 11.6 Å². The van der Waals surface area contributed by atoms with E-state index in [2.05, 4.69) is 10.1 Å². The molecule has 3 aromatic rings. The lowest BCUT2D eigenvalue weighted by Gasteiger charge is -2.03. The maximum atomic E-state index is 13.9. The highest BCUT2D eigenvalue weighted by Crippen LogP contribution is 2.21. The van der Waals surface area contributed by atoms with Gasteiger partial charge in [0.25, 0.3) is 0 Å². The smallest absolute Gasteiger partial charge is 0.184 e. The van der Waals surface area contributed by atoms with Crippen LogP contribution in [0.4, 0.5) is 8.78 Å². The van der Waals surface area contributed by atoms with E-state index in [-0.39, 0.29) is 5.52 Å². The molecule has 0 saturated carbocycles. The molecule has 19 heavy (non-hydrogen) atoms. The Morgan fingerprint density at radius 2 is 2.16 bits per heavy atom. The summed E-state index contributed by atoms with van der Waals surface area (Å²) in [6.07, 6.45) is 3.47. The predicted octanol–water partition coefficient (Wildman–Crippen LogP) is 2.76. The zero-order chi connectivity index (χ0) is 13.6. The fourth-order valence-corrected chi connectivity index (χ4v) is 2.34. The Morgan fingerprint density at radius 3 is 2.84 bits per heavy atom. The van der Waals surface area contributed by atoms with Gasteiger partial charge in [-0.1, -0.05) is 0 Å². The lowest BCUT2D eigenvalue weighted by Crippen LogP contribution is -2.01. The number of aromatic amines is 1. The molecule has 98 valence electrons. The lowest BCUT2D eigenvalue weighted by atomic mass is 10.2. The molecular weight excluding hydrogens is 270 g/mol. The van der Waals surface area contributed by atoms with E-state index in [1.165, 1.54) is 10.6 Å². The average Bonchev–Trinajstić information content (AvgIpc) is 2.90. The largest absolute Gasteiger partial charge is 0.330 e. The van der Waals surface area contributed by atoms with Crippen LogP contribution in [-0.2, 0) is 13.6 Å². The van der Waals surface area contributed by atoms with Crippen molar-refractivity contribution >= 4 is 23.3 Å². The number of nitrogens with one attached hydrogen (secondary N) is 1. The van der Waals surface area contributed by atoms with Crippen molar-refractivity contribution in [1.29, 1.82) is 0 Å².